The van der Waals surface area contributed by atoms with Crippen LogP contribution in [0.25, 0.3) is 0 Å². The van der Waals surface area contributed by atoms with E-state index in [0.717, 1.165) is 13.0 Å². The minimum absolute atomic E-state index is 0.213. The minimum atomic E-state index is -1.30. The van der Waals surface area contributed by atoms with Crippen LogP contribution in [0.5, 0.6) is 0 Å². The number of nitrogens with one attached hydrogen (secondary N) is 1. The van der Waals surface area contributed by atoms with Crippen LogP contribution in [0.1, 0.15) is 20.3 Å². The number of hydrogen-bond acceptors (Lipinski definition) is 5. The molecule has 0 aromatic heterocycles. The summed E-state index contributed by atoms with van der Waals surface area (Å²) in [5.41, 5.74) is 0. The third-order valence-corrected chi connectivity index (χ3v) is 2.23. The molecule has 0 saturated heterocycles. The van der Waals surface area contributed by atoms with Crippen LogP contribution in [-0.4, -0.2) is 58.4 Å². The average molecular weight is 221 g/mol. The highest BCUT2D eigenvalue weighted by atomic mass is 16.4. The molecule has 0 amide bonds. The van der Waals surface area contributed by atoms with Gasteiger partial charge in [-0.15, -0.1) is 0 Å². The van der Waals surface area contributed by atoms with Crippen LogP contribution in [0.3, 0.4) is 0 Å². The van der Waals surface area contributed by atoms with Crippen LogP contribution < -0.4 is 5.32 Å². The van der Waals surface area contributed by atoms with E-state index in [1.165, 1.54) is 0 Å². The lowest BCUT2D eigenvalue weighted by atomic mass is 10.1. The van der Waals surface area contributed by atoms with Crippen molar-refractivity contribution in [1.82, 2.24) is 5.32 Å². The lowest BCUT2D eigenvalue weighted by Crippen LogP contribution is -2.44. The summed E-state index contributed by atoms with van der Waals surface area (Å²) < 4.78 is 0. The molecule has 0 fully saturated rings. The van der Waals surface area contributed by atoms with Gasteiger partial charge in [-0.25, -0.2) is 0 Å². The molecule has 5 N–H and O–H groups in total. The Morgan fingerprint density at radius 3 is 2.13 bits per heavy atom. The molecule has 0 saturated carbocycles. The van der Waals surface area contributed by atoms with Crippen molar-refractivity contribution in [3.8, 4) is 0 Å². The standard InChI is InChI=1S/C10H23NO4/c1-7(2)3-4-11-5-8(13)10(15)9(14)6-12/h7-15H,3-6H2,1-2H3. The average Bonchev–Trinajstić information content (AvgIpc) is 2.21. The van der Waals surface area contributed by atoms with Crippen LogP contribution in [0, 0.1) is 5.92 Å². The van der Waals surface area contributed by atoms with Gasteiger partial charge in [0.05, 0.1) is 12.7 Å². The Balaban J connectivity index is 3.59. The van der Waals surface area contributed by atoms with Gasteiger partial charge >= 0.3 is 0 Å². The molecular weight excluding hydrogens is 198 g/mol. The Kier molecular flexibility index (Phi) is 7.90. The summed E-state index contributed by atoms with van der Waals surface area (Å²) in [4.78, 5) is 0. The second kappa shape index (κ2) is 8.01. The summed E-state index contributed by atoms with van der Waals surface area (Å²) in [7, 11) is 0. The number of aliphatic hydroxyl groups is 4. The molecule has 0 bridgehead atoms. The smallest absolute Gasteiger partial charge is 0.109 e. The molecule has 0 aliphatic carbocycles. The molecule has 92 valence electrons. The molecule has 0 aliphatic heterocycles. The second-order valence-corrected chi connectivity index (χ2v) is 4.19. The minimum Gasteiger partial charge on any atom is -0.394 e. The van der Waals surface area contributed by atoms with Crippen molar-refractivity contribution in [3.05, 3.63) is 0 Å². The quantitative estimate of drug-likeness (QED) is 0.328. The molecule has 0 aromatic carbocycles. The van der Waals surface area contributed by atoms with E-state index in [2.05, 4.69) is 19.2 Å². The molecule has 0 aliphatic rings. The predicted octanol–water partition coefficient (Wildman–Crippen LogP) is -1.30. The number of hydrogen-bond donors (Lipinski definition) is 5. The second-order valence-electron chi connectivity index (χ2n) is 4.19. The summed E-state index contributed by atoms with van der Waals surface area (Å²) in [6, 6.07) is 0. The van der Waals surface area contributed by atoms with Gasteiger partial charge in [-0.3, -0.25) is 0 Å². The van der Waals surface area contributed by atoms with Gasteiger partial charge in [0.1, 0.15) is 12.2 Å². The largest absolute Gasteiger partial charge is 0.394 e. The van der Waals surface area contributed by atoms with Crippen molar-refractivity contribution in [2.75, 3.05) is 19.7 Å². The van der Waals surface area contributed by atoms with Crippen molar-refractivity contribution in [1.29, 1.82) is 0 Å². The van der Waals surface area contributed by atoms with E-state index in [4.69, 9.17) is 10.2 Å². The zero-order valence-corrected chi connectivity index (χ0v) is 9.43. The van der Waals surface area contributed by atoms with Crippen molar-refractivity contribution in [2.24, 2.45) is 5.92 Å². The zero-order valence-electron chi connectivity index (χ0n) is 9.43. The summed E-state index contributed by atoms with van der Waals surface area (Å²) >= 11 is 0. The fourth-order valence-electron chi connectivity index (χ4n) is 1.13. The topological polar surface area (TPSA) is 93.0 Å². The van der Waals surface area contributed by atoms with E-state index in [0.29, 0.717) is 5.92 Å². The molecule has 5 heteroatoms. The van der Waals surface area contributed by atoms with Gasteiger partial charge in [-0.1, -0.05) is 13.8 Å². The Morgan fingerprint density at radius 1 is 1.07 bits per heavy atom. The van der Waals surface area contributed by atoms with E-state index in [-0.39, 0.29) is 6.54 Å². The van der Waals surface area contributed by atoms with Gasteiger partial charge in [0, 0.05) is 6.54 Å². The normalized spacial score (nSPS) is 17.8. The molecule has 0 heterocycles. The Hall–Kier alpha value is -0.200. The predicted molar refractivity (Wildman–Crippen MR) is 57.4 cm³/mol. The highest BCUT2D eigenvalue weighted by Gasteiger charge is 2.23. The van der Waals surface area contributed by atoms with E-state index in [1.807, 2.05) is 0 Å². The molecular formula is C10H23NO4. The first-order valence-electron chi connectivity index (χ1n) is 5.34. The first-order chi connectivity index (χ1) is 6.99. The number of aliphatic hydroxyl groups excluding tert-OH is 4. The van der Waals surface area contributed by atoms with Gasteiger partial charge in [0.2, 0.25) is 0 Å². The molecule has 15 heavy (non-hydrogen) atoms. The zero-order chi connectivity index (χ0) is 11.8. The maximum atomic E-state index is 9.40. The van der Waals surface area contributed by atoms with Crippen molar-refractivity contribution in [3.63, 3.8) is 0 Å². The van der Waals surface area contributed by atoms with Crippen LogP contribution in [-0.2, 0) is 0 Å². The molecule has 0 aromatic rings. The van der Waals surface area contributed by atoms with E-state index < -0.39 is 24.9 Å². The van der Waals surface area contributed by atoms with Crippen LogP contribution >= 0.6 is 0 Å². The van der Waals surface area contributed by atoms with Gasteiger partial charge in [0.15, 0.2) is 0 Å². The first kappa shape index (κ1) is 14.8. The maximum Gasteiger partial charge on any atom is 0.109 e. The van der Waals surface area contributed by atoms with E-state index in [1.54, 1.807) is 0 Å². The lowest BCUT2D eigenvalue weighted by Gasteiger charge is -2.21. The fourth-order valence-corrected chi connectivity index (χ4v) is 1.13. The van der Waals surface area contributed by atoms with E-state index in [9.17, 15) is 10.2 Å². The highest BCUT2D eigenvalue weighted by molar-refractivity contribution is 4.76. The molecule has 0 rings (SSSR count). The van der Waals surface area contributed by atoms with Gasteiger partial charge in [-0.2, -0.15) is 0 Å². The molecule has 0 spiro atoms. The summed E-state index contributed by atoms with van der Waals surface area (Å²) in [6.07, 6.45) is -2.65. The van der Waals surface area contributed by atoms with Crippen molar-refractivity contribution in [2.45, 2.75) is 38.6 Å². The van der Waals surface area contributed by atoms with Crippen molar-refractivity contribution >= 4 is 0 Å². The Bertz CT molecular complexity index is 154. The maximum absolute atomic E-state index is 9.40. The van der Waals surface area contributed by atoms with Crippen molar-refractivity contribution < 1.29 is 20.4 Å². The molecule has 0 radical (unpaired) electrons. The Morgan fingerprint density at radius 2 is 1.67 bits per heavy atom. The molecule has 3 atom stereocenters. The monoisotopic (exact) mass is 221 g/mol. The SMILES string of the molecule is CC(C)CCNCC(O)C(O)C(O)CO. The van der Waals surface area contributed by atoms with Crippen LogP contribution in [0.2, 0.25) is 0 Å². The third-order valence-electron chi connectivity index (χ3n) is 2.23. The summed E-state index contributed by atoms with van der Waals surface area (Å²) in [5, 5.41) is 39.3. The van der Waals surface area contributed by atoms with Gasteiger partial charge in [0.25, 0.3) is 0 Å². The van der Waals surface area contributed by atoms with Gasteiger partial charge < -0.3 is 25.7 Å². The molecule has 5 nitrogen and oxygen atoms in total. The first-order valence-corrected chi connectivity index (χ1v) is 5.34. The van der Waals surface area contributed by atoms with Crippen LogP contribution in [0.15, 0.2) is 0 Å². The Labute approximate surface area is 90.8 Å². The van der Waals surface area contributed by atoms with Crippen LogP contribution in [0.4, 0.5) is 0 Å². The number of rotatable bonds is 8. The summed E-state index contributed by atoms with van der Waals surface area (Å²) in [6.45, 7) is 4.62. The summed E-state index contributed by atoms with van der Waals surface area (Å²) in [5.74, 6) is 0.586. The third kappa shape index (κ3) is 6.81. The fraction of sp³-hybridized carbons (Fsp3) is 1.00. The van der Waals surface area contributed by atoms with E-state index >= 15 is 0 Å². The van der Waals surface area contributed by atoms with Gasteiger partial charge in [-0.05, 0) is 18.9 Å². The highest BCUT2D eigenvalue weighted by Crippen LogP contribution is 2.00. The lowest BCUT2D eigenvalue weighted by molar-refractivity contribution is -0.0749. The molecule has 3 unspecified atom stereocenters.